The first-order chi connectivity index (χ1) is 9.60. The summed E-state index contributed by atoms with van der Waals surface area (Å²) in [6, 6.07) is 0. The van der Waals surface area contributed by atoms with Gasteiger partial charge in [-0.1, -0.05) is 20.8 Å². The molecule has 0 fully saturated rings. The molecular weight excluding hydrogens is 268 g/mol. The minimum absolute atomic E-state index is 0.286. The summed E-state index contributed by atoms with van der Waals surface area (Å²) in [5.74, 6) is 1.65. The Kier molecular flexibility index (Phi) is 7.13. The van der Waals surface area contributed by atoms with Crippen LogP contribution in [0.25, 0.3) is 0 Å². The topological polar surface area (TPSA) is 49.8 Å². The van der Waals surface area contributed by atoms with Crippen molar-refractivity contribution < 1.29 is 0 Å². The molecule has 0 aromatic carbocycles. The van der Waals surface area contributed by atoms with Crippen molar-refractivity contribution in [2.24, 2.45) is 0 Å². The average Bonchev–Trinajstić information content (AvgIpc) is 2.49. The van der Waals surface area contributed by atoms with E-state index in [0.717, 1.165) is 43.7 Å². The van der Waals surface area contributed by atoms with Crippen molar-refractivity contribution >= 4 is 23.5 Å². The molecule has 0 spiro atoms. The molecule has 114 valence electrons. The molecule has 0 aliphatic rings. The van der Waals surface area contributed by atoms with Crippen LogP contribution in [0, 0.1) is 6.92 Å². The summed E-state index contributed by atoms with van der Waals surface area (Å²) >= 11 is 1.94. The van der Waals surface area contributed by atoms with E-state index in [9.17, 15) is 0 Å². The van der Waals surface area contributed by atoms with Gasteiger partial charge in [0, 0.05) is 29.6 Å². The number of aromatic nitrogens is 2. The smallest absolute Gasteiger partial charge is 0.224 e. The normalized spacial score (nSPS) is 11.4. The Morgan fingerprint density at radius 3 is 2.45 bits per heavy atom. The highest BCUT2D eigenvalue weighted by Gasteiger charge is 2.24. The third-order valence-electron chi connectivity index (χ3n) is 3.80. The van der Waals surface area contributed by atoms with E-state index in [1.807, 2.05) is 24.9 Å². The van der Waals surface area contributed by atoms with Gasteiger partial charge in [0.05, 0.1) is 0 Å². The Labute approximate surface area is 127 Å². The van der Waals surface area contributed by atoms with Gasteiger partial charge in [-0.2, -0.15) is 16.7 Å². The molecule has 0 bridgehead atoms. The molecule has 0 aliphatic heterocycles. The van der Waals surface area contributed by atoms with Gasteiger partial charge in [0.25, 0.3) is 0 Å². The highest BCUT2D eigenvalue weighted by atomic mass is 32.2. The molecule has 0 unspecified atom stereocenters. The summed E-state index contributed by atoms with van der Waals surface area (Å²) in [6.07, 6.45) is 7.45. The van der Waals surface area contributed by atoms with E-state index in [1.54, 1.807) is 0 Å². The van der Waals surface area contributed by atoms with Crippen LogP contribution in [0.5, 0.6) is 0 Å². The predicted octanol–water partition coefficient (Wildman–Crippen LogP) is 3.94. The summed E-state index contributed by atoms with van der Waals surface area (Å²) in [5, 5.41) is 6.75. The van der Waals surface area contributed by atoms with Crippen LogP contribution in [-0.2, 0) is 0 Å². The van der Waals surface area contributed by atoms with Crippen LogP contribution < -0.4 is 10.6 Å². The Morgan fingerprint density at radius 2 is 1.90 bits per heavy atom. The van der Waals surface area contributed by atoms with Gasteiger partial charge in [0.15, 0.2) is 0 Å². The van der Waals surface area contributed by atoms with Crippen molar-refractivity contribution in [3.05, 3.63) is 11.8 Å². The summed E-state index contributed by atoms with van der Waals surface area (Å²) in [6.45, 7) is 10.5. The molecule has 4 nitrogen and oxygen atoms in total. The molecule has 1 aromatic heterocycles. The zero-order valence-corrected chi connectivity index (χ0v) is 14.2. The van der Waals surface area contributed by atoms with Gasteiger partial charge in [-0.3, -0.25) is 0 Å². The highest BCUT2D eigenvalue weighted by Crippen LogP contribution is 2.30. The monoisotopic (exact) mass is 296 g/mol. The van der Waals surface area contributed by atoms with Gasteiger partial charge < -0.3 is 10.6 Å². The zero-order chi connectivity index (χ0) is 15.0. The third kappa shape index (κ3) is 4.54. The molecule has 5 heteroatoms. The Balaban J connectivity index is 2.75. The fourth-order valence-electron chi connectivity index (χ4n) is 2.05. The van der Waals surface area contributed by atoms with Crippen molar-refractivity contribution in [3.8, 4) is 0 Å². The molecule has 0 saturated heterocycles. The largest absolute Gasteiger partial charge is 0.368 e. The van der Waals surface area contributed by atoms with Gasteiger partial charge >= 0.3 is 0 Å². The SMILES string of the molecule is CCCNc1ncc(C)c(NCC(CC)(CC)SC)n1. The standard InChI is InChI=1S/C15H28N4S/c1-6-9-16-14-17-10-12(4)13(19-14)18-11-15(7-2,8-3)20-5/h10H,6-9,11H2,1-5H3,(H2,16,17,18,19). The average molecular weight is 296 g/mol. The van der Waals surface area contributed by atoms with E-state index < -0.39 is 0 Å². The maximum atomic E-state index is 4.57. The lowest BCUT2D eigenvalue weighted by Gasteiger charge is -2.30. The lowest BCUT2D eigenvalue weighted by Crippen LogP contribution is -2.32. The first-order valence-electron chi connectivity index (χ1n) is 7.47. The van der Waals surface area contributed by atoms with Crippen LogP contribution in [0.2, 0.25) is 0 Å². The fraction of sp³-hybridized carbons (Fsp3) is 0.733. The molecule has 0 amide bonds. The van der Waals surface area contributed by atoms with E-state index >= 15 is 0 Å². The molecule has 0 atom stereocenters. The first kappa shape index (κ1) is 17.1. The lowest BCUT2D eigenvalue weighted by atomic mass is 10.0. The number of anilines is 2. The van der Waals surface area contributed by atoms with E-state index in [4.69, 9.17) is 0 Å². The van der Waals surface area contributed by atoms with Gasteiger partial charge in [0.2, 0.25) is 5.95 Å². The lowest BCUT2D eigenvalue weighted by molar-refractivity contribution is 0.573. The van der Waals surface area contributed by atoms with Crippen molar-refractivity contribution in [3.63, 3.8) is 0 Å². The van der Waals surface area contributed by atoms with Gasteiger partial charge in [-0.25, -0.2) is 4.98 Å². The van der Waals surface area contributed by atoms with Gasteiger partial charge in [-0.15, -0.1) is 0 Å². The number of hydrogen-bond donors (Lipinski definition) is 2. The van der Waals surface area contributed by atoms with Crippen LogP contribution >= 0.6 is 11.8 Å². The van der Waals surface area contributed by atoms with Crippen LogP contribution in [0.3, 0.4) is 0 Å². The maximum Gasteiger partial charge on any atom is 0.224 e. The van der Waals surface area contributed by atoms with Crippen molar-refractivity contribution in [1.29, 1.82) is 0 Å². The summed E-state index contributed by atoms with van der Waals surface area (Å²) < 4.78 is 0.286. The first-order valence-corrected chi connectivity index (χ1v) is 8.69. The van der Waals surface area contributed by atoms with Crippen LogP contribution in [0.4, 0.5) is 11.8 Å². The molecule has 0 aliphatic carbocycles. The molecule has 0 radical (unpaired) electrons. The zero-order valence-electron chi connectivity index (χ0n) is 13.4. The fourth-order valence-corrected chi connectivity index (χ4v) is 2.84. The van der Waals surface area contributed by atoms with E-state index in [-0.39, 0.29) is 4.75 Å². The van der Waals surface area contributed by atoms with E-state index in [0.29, 0.717) is 5.95 Å². The van der Waals surface area contributed by atoms with Crippen LogP contribution in [0.15, 0.2) is 6.20 Å². The van der Waals surface area contributed by atoms with Gasteiger partial charge in [-0.05, 0) is 32.4 Å². The number of rotatable bonds is 9. The number of hydrogen-bond acceptors (Lipinski definition) is 5. The number of nitrogens with one attached hydrogen (secondary N) is 2. The van der Waals surface area contributed by atoms with E-state index in [2.05, 4.69) is 47.6 Å². The third-order valence-corrected chi connectivity index (χ3v) is 5.39. The molecule has 1 rings (SSSR count). The summed E-state index contributed by atoms with van der Waals surface area (Å²) in [7, 11) is 0. The van der Waals surface area contributed by atoms with E-state index in [1.165, 1.54) is 0 Å². The molecular formula is C15H28N4S. The van der Waals surface area contributed by atoms with Crippen molar-refractivity contribution in [1.82, 2.24) is 9.97 Å². The van der Waals surface area contributed by atoms with Gasteiger partial charge in [0.1, 0.15) is 5.82 Å². The van der Waals surface area contributed by atoms with Crippen molar-refractivity contribution in [2.75, 3.05) is 30.0 Å². The number of thioether (sulfide) groups is 1. The molecule has 1 heterocycles. The number of aryl methyl sites for hydroxylation is 1. The Bertz CT molecular complexity index is 397. The molecule has 20 heavy (non-hydrogen) atoms. The Hall–Kier alpha value is -0.970. The maximum absolute atomic E-state index is 4.57. The van der Waals surface area contributed by atoms with Crippen molar-refractivity contribution in [2.45, 2.75) is 51.7 Å². The number of nitrogens with zero attached hydrogens (tertiary/aromatic N) is 2. The van der Waals surface area contributed by atoms with Crippen LogP contribution in [-0.4, -0.2) is 34.1 Å². The minimum atomic E-state index is 0.286. The Morgan fingerprint density at radius 1 is 1.20 bits per heavy atom. The van der Waals surface area contributed by atoms with Crippen LogP contribution in [0.1, 0.15) is 45.6 Å². The highest BCUT2D eigenvalue weighted by molar-refractivity contribution is 8.00. The summed E-state index contributed by atoms with van der Waals surface area (Å²) in [5.41, 5.74) is 1.09. The second kappa shape index (κ2) is 8.35. The molecule has 2 N–H and O–H groups in total. The quantitative estimate of drug-likeness (QED) is 0.723. The minimum Gasteiger partial charge on any atom is -0.368 e. The molecule has 1 aromatic rings. The second-order valence-electron chi connectivity index (χ2n) is 5.10. The molecule has 0 saturated carbocycles. The summed E-state index contributed by atoms with van der Waals surface area (Å²) in [4.78, 5) is 8.89. The predicted molar refractivity (Wildman–Crippen MR) is 90.9 cm³/mol. The second-order valence-corrected chi connectivity index (χ2v) is 6.37.